The summed E-state index contributed by atoms with van der Waals surface area (Å²) in [6, 6.07) is 5.46. The lowest BCUT2D eigenvalue weighted by molar-refractivity contribution is 0.102. The van der Waals surface area contributed by atoms with E-state index in [0.717, 1.165) is 24.8 Å². The van der Waals surface area contributed by atoms with Crippen LogP contribution in [0.4, 0.5) is 5.00 Å². The molecule has 0 fully saturated rings. The van der Waals surface area contributed by atoms with Crippen LogP contribution >= 0.6 is 11.3 Å². The highest BCUT2D eigenvalue weighted by atomic mass is 32.1. The Morgan fingerprint density at radius 1 is 1.22 bits per heavy atom. The highest BCUT2D eigenvalue weighted by molar-refractivity contribution is 7.16. The number of hydrogen-bond acceptors (Lipinski definition) is 6. The van der Waals surface area contributed by atoms with Gasteiger partial charge in [-0.15, -0.1) is 11.3 Å². The minimum Gasteiger partial charge on any atom is -0.493 e. The van der Waals surface area contributed by atoms with E-state index in [0.29, 0.717) is 39.3 Å². The zero-order valence-corrected chi connectivity index (χ0v) is 16.7. The van der Waals surface area contributed by atoms with E-state index in [1.54, 1.807) is 12.1 Å². The number of anilines is 1. The Hall–Kier alpha value is -2.72. The lowest BCUT2D eigenvalue weighted by Crippen LogP contribution is -2.13. The van der Waals surface area contributed by atoms with Gasteiger partial charge in [-0.3, -0.25) is 4.79 Å². The molecular weight excluding hydrogens is 364 g/mol. The third kappa shape index (κ3) is 3.58. The molecule has 0 bridgehead atoms. The second kappa shape index (κ2) is 7.89. The number of fused-ring (bicyclic) bond motifs is 1. The summed E-state index contributed by atoms with van der Waals surface area (Å²) in [4.78, 5) is 14.0. The maximum absolute atomic E-state index is 12.8. The molecule has 1 aliphatic carbocycles. The summed E-state index contributed by atoms with van der Waals surface area (Å²) in [5.41, 5.74) is 2.04. The van der Waals surface area contributed by atoms with Crippen molar-refractivity contribution in [2.45, 2.75) is 26.2 Å². The lowest BCUT2D eigenvalue weighted by atomic mass is 9.88. The van der Waals surface area contributed by atoms with Crippen LogP contribution in [0.2, 0.25) is 0 Å². The van der Waals surface area contributed by atoms with E-state index >= 15 is 0 Å². The second-order valence-corrected chi connectivity index (χ2v) is 7.64. The zero-order chi connectivity index (χ0) is 19.6. The predicted octanol–water partition coefficient (Wildman–Crippen LogP) is 4.02. The van der Waals surface area contributed by atoms with Crippen LogP contribution in [-0.2, 0) is 12.8 Å². The number of methoxy groups -OCH3 is 3. The van der Waals surface area contributed by atoms with Gasteiger partial charge in [0.2, 0.25) is 5.75 Å². The Morgan fingerprint density at radius 2 is 1.89 bits per heavy atom. The summed E-state index contributed by atoms with van der Waals surface area (Å²) >= 11 is 1.50. The molecule has 0 radical (unpaired) electrons. The third-order valence-corrected chi connectivity index (χ3v) is 5.95. The fourth-order valence-corrected chi connectivity index (χ4v) is 4.70. The molecular formula is C20H22N2O4S. The van der Waals surface area contributed by atoms with E-state index in [2.05, 4.69) is 18.3 Å². The molecule has 1 heterocycles. The molecule has 142 valence electrons. The Bertz CT molecular complexity index is 888. The maximum atomic E-state index is 12.8. The highest BCUT2D eigenvalue weighted by Crippen LogP contribution is 2.41. The Morgan fingerprint density at radius 3 is 2.44 bits per heavy atom. The van der Waals surface area contributed by atoms with E-state index in [4.69, 9.17) is 14.2 Å². The number of carbonyl (C=O) groups excluding carboxylic acids is 1. The first-order chi connectivity index (χ1) is 13.0. The minimum absolute atomic E-state index is 0.322. The number of thiophene rings is 1. The number of ether oxygens (including phenoxy) is 3. The quantitative estimate of drug-likeness (QED) is 0.839. The van der Waals surface area contributed by atoms with Gasteiger partial charge < -0.3 is 19.5 Å². The molecule has 0 aliphatic heterocycles. The van der Waals surface area contributed by atoms with Gasteiger partial charge in [0.1, 0.15) is 11.1 Å². The van der Waals surface area contributed by atoms with E-state index in [-0.39, 0.29) is 5.91 Å². The summed E-state index contributed by atoms with van der Waals surface area (Å²) in [7, 11) is 4.51. The van der Waals surface area contributed by atoms with Crippen LogP contribution in [0.25, 0.3) is 0 Å². The molecule has 6 nitrogen and oxygen atoms in total. The Kier molecular flexibility index (Phi) is 5.57. The van der Waals surface area contributed by atoms with Crippen molar-refractivity contribution in [2.24, 2.45) is 5.92 Å². The summed E-state index contributed by atoms with van der Waals surface area (Å²) in [5, 5.41) is 13.1. The molecule has 27 heavy (non-hydrogen) atoms. The molecule has 0 spiro atoms. The van der Waals surface area contributed by atoms with Gasteiger partial charge in [0.05, 0.1) is 26.9 Å². The normalized spacial score (nSPS) is 15.4. The second-order valence-electron chi connectivity index (χ2n) is 6.54. The highest BCUT2D eigenvalue weighted by Gasteiger charge is 2.25. The number of nitrogens with one attached hydrogen (secondary N) is 1. The fourth-order valence-electron chi connectivity index (χ4n) is 3.34. The molecule has 1 aromatic carbocycles. The van der Waals surface area contributed by atoms with Crippen LogP contribution < -0.4 is 19.5 Å². The Labute approximate surface area is 162 Å². The van der Waals surface area contributed by atoms with Crippen molar-refractivity contribution in [3.05, 3.63) is 33.7 Å². The summed E-state index contributed by atoms with van der Waals surface area (Å²) in [6.07, 6.45) is 2.91. The van der Waals surface area contributed by atoms with Crippen LogP contribution in [0.1, 0.15) is 39.7 Å². The predicted molar refractivity (Wildman–Crippen MR) is 104 cm³/mol. The average Bonchev–Trinajstić information content (AvgIpc) is 3.02. The number of carbonyl (C=O) groups is 1. The molecule has 7 heteroatoms. The first-order valence-corrected chi connectivity index (χ1v) is 9.50. The molecule has 1 N–H and O–H groups in total. The summed E-state index contributed by atoms with van der Waals surface area (Å²) in [5.74, 6) is 1.51. The topological polar surface area (TPSA) is 80.6 Å². The van der Waals surface area contributed by atoms with Gasteiger partial charge in [-0.2, -0.15) is 5.26 Å². The molecule has 2 aromatic rings. The standard InChI is InChI=1S/C20H22N2O4S/c1-11-5-6-13-14(10-21)20(27-17(13)7-11)22-19(23)12-8-15(24-2)18(26-4)16(9-12)25-3/h8-9,11H,5-7H2,1-4H3,(H,22,23)/t11-/m0/s1. The molecule has 1 aromatic heterocycles. The smallest absolute Gasteiger partial charge is 0.256 e. The van der Waals surface area contributed by atoms with Crippen LogP contribution in [0.3, 0.4) is 0 Å². The van der Waals surface area contributed by atoms with Crippen LogP contribution in [0, 0.1) is 17.2 Å². The average molecular weight is 386 g/mol. The summed E-state index contributed by atoms with van der Waals surface area (Å²) < 4.78 is 15.9. The van der Waals surface area contributed by atoms with E-state index < -0.39 is 0 Å². The molecule has 0 saturated carbocycles. The van der Waals surface area contributed by atoms with Crippen LogP contribution in [0.5, 0.6) is 17.2 Å². The van der Waals surface area contributed by atoms with E-state index in [1.165, 1.54) is 37.5 Å². The van der Waals surface area contributed by atoms with Crippen LogP contribution in [0.15, 0.2) is 12.1 Å². The van der Waals surface area contributed by atoms with Crippen molar-refractivity contribution in [3.63, 3.8) is 0 Å². The molecule has 0 saturated heterocycles. The number of amides is 1. The van der Waals surface area contributed by atoms with Gasteiger partial charge in [0.15, 0.2) is 11.5 Å². The molecule has 1 amide bonds. The SMILES string of the molecule is COc1cc(C(=O)Nc2sc3c(c2C#N)CC[C@H](C)C3)cc(OC)c1OC. The summed E-state index contributed by atoms with van der Waals surface area (Å²) in [6.45, 7) is 2.21. The Balaban J connectivity index is 1.94. The molecule has 1 atom stereocenters. The first-order valence-electron chi connectivity index (χ1n) is 8.68. The zero-order valence-electron chi connectivity index (χ0n) is 15.8. The molecule has 3 rings (SSSR count). The number of hydrogen-bond donors (Lipinski definition) is 1. The monoisotopic (exact) mass is 386 g/mol. The number of nitriles is 1. The van der Waals surface area contributed by atoms with Crippen LogP contribution in [-0.4, -0.2) is 27.2 Å². The number of benzene rings is 1. The molecule has 1 aliphatic rings. The van der Waals surface area contributed by atoms with Gasteiger partial charge in [-0.1, -0.05) is 6.92 Å². The minimum atomic E-state index is -0.322. The number of rotatable bonds is 5. The largest absolute Gasteiger partial charge is 0.493 e. The van der Waals surface area contributed by atoms with Gasteiger partial charge >= 0.3 is 0 Å². The van der Waals surface area contributed by atoms with Gasteiger partial charge in [0, 0.05) is 10.4 Å². The fraction of sp³-hybridized carbons (Fsp3) is 0.400. The van der Waals surface area contributed by atoms with Crippen molar-refractivity contribution in [3.8, 4) is 23.3 Å². The van der Waals surface area contributed by atoms with Gasteiger partial charge in [-0.25, -0.2) is 0 Å². The van der Waals surface area contributed by atoms with Crippen molar-refractivity contribution >= 4 is 22.2 Å². The van der Waals surface area contributed by atoms with Crippen molar-refractivity contribution in [1.82, 2.24) is 0 Å². The van der Waals surface area contributed by atoms with E-state index in [9.17, 15) is 10.1 Å². The first kappa shape index (κ1) is 19.1. The molecule has 0 unspecified atom stereocenters. The van der Waals surface area contributed by atoms with Gasteiger partial charge in [-0.05, 0) is 42.9 Å². The number of nitrogens with zero attached hydrogens (tertiary/aromatic N) is 1. The van der Waals surface area contributed by atoms with Crippen molar-refractivity contribution in [1.29, 1.82) is 5.26 Å². The van der Waals surface area contributed by atoms with Crippen molar-refractivity contribution in [2.75, 3.05) is 26.6 Å². The third-order valence-electron chi connectivity index (χ3n) is 4.78. The van der Waals surface area contributed by atoms with Crippen molar-refractivity contribution < 1.29 is 19.0 Å². The maximum Gasteiger partial charge on any atom is 0.256 e. The lowest BCUT2D eigenvalue weighted by Gasteiger charge is -2.17. The van der Waals surface area contributed by atoms with E-state index in [1.807, 2.05) is 0 Å². The van der Waals surface area contributed by atoms with Gasteiger partial charge in [0.25, 0.3) is 5.91 Å².